The van der Waals surface area contributed by atoms with E-state index in [4.69, 9.17) is 4.74 Å². The summed E-state index contributed by atoms with van der Waals surface area (Å²) in [6, 6.07) is 6.14. The molecule has 0 amide bonds. The molecule has 0 radical (unpaired) electrons. The van der Waals surface area contributed by atoms with Crippen LogP contribution in [0.4, 0.5) is 5.69 Å². The number of nitrogens with zero attached hydrogens (tertiary/aromatic N) is 2. The highest BCUT2D eigenvalue weighted by Crippen LogP contribution is 2.30. The Kier molecular flexibility index (Phi) is 5.83. The van der Waals surface area contributed by atoms with Crippen LogP contribution in [0.1, 0.15) is 27.9 Å². The highest BCUT2D eigenvalue weighted by molar-refractivity contribution is 8.00. The van der Waals surface area contributed by atoms with Crippen LogP contribution < -0.4 is 4.74 Å². The quantitative estimate of drug-likeness (QED) is 0.837. The summed E-state index contributed by atoms with van der Waals surface area (Å²) in [7, 11) is 0.475. The Labute approximate surface area is 152 Å². The molecular formula is C18H22N2O2S2. The van der Waals surface area contributed by atoms with Gasteiger partial charge in [0.1, 0.15) is 10.8 Å². The van der Waals surface area contributed by atoms with Crippen LogP contribution in [0.3, 0.4) is 0 Å². The SMILES string of the molecule is COc1c(C)cnc(C[S@](=O)C2=Nc3ccc(C)cc3C2)c1C.S. The summed E-state index contributed by atoms with van der Waals surface area (Å²) in [5.41, 5.74) is 6.03. The van der Waals surface area contributed by atoms with Gasteiger partial charge in [0.05, 0.1) is 35.0 Å². The van der Waals surface area contributed by atoms with E-state index in [0.29, 0.717) is 12.2 Å². The van der Waals surface area contributed by atoms with E-state index < -0.39 is 10.8 Å². The van der Waals surface area contributed by atoms with E-state index in [0.717, 1.165) is 38.9 Å². The number of aryl methyl sites for hydroxylation is 2. The van der Waals surface area contributed by atoms with Gasteiger partial charge in [-0.05, 0) is 32.4 Å². The second-order valence-corrected chi connectivity index (χ2v) is 7.30. The standard InChI is InChI=1S/C18H20N2O2S.H2S/c1-11-5-6-15-14(7-11)8-17(20-15)23(21)10-16-13(3)18(22-4)12(2)9-19-16;/h5-7,9H,8,10H2,1-4H3;1H2/t23-;/m0./s1. The molecule has 0 fully saturated rings. The third-order valence-electron chi connectivity index (χ3n) is 4.10. The van der Waals surface area contributed by atoms with E-state index >= 15 is 0 Å². The Hall–Kier alpha value is -1.66. The van der Waals surface area contributed by atoms with Gasteiger partial charge in [-0.3, -0.25) is 9.19 Å². The van der Waals surface area contributed by atoms with Crippen molar-refractivity contribution in [3.05, 3.63) is 52.3 Å². The molecule has 0 bridgehead atoms. The van der Waals surface area contributed by atoms with Crippen molar-refractivity contribution in [3.63, 3.8) is 0 Å². The second-order valence-electron chi connectivity index (χ2n) is 5.85. The predicted molar refractivity (Wildman–Crippen MR) is 104 cm³/mol. The van der Waals surface area contributed by atoms with Gasteiger partial charge in [-0.15, -0.1) is 0 Å². The number of ether oxygens (including phenoxy) is 1. The zero-order valence-corrected chi connectivity index (χ0v) is 16.2. The van der Waals surface area contributed by atoms with Crippen molar-refractivity contribution in [2.75, 3.05) is 7.11 Å². The molecule has 0 spiro atoms. The van der Waals surface area contributed by atoms with E-state index in [9.17, 15) is 4.21 Å². The Morgan fingerprint density at radius 2 is 2.00 bits per heavy atom. The van der Waals surface area contributed by atoms with Crippen LogP contribution in [-0.2, 0) is 23.0 Å². The zero-order chi connectivity index (χ0) is 16.6. The topological polar surface area (TPSA) is 51.5 Å². The Morgan fingerprint density at radius 1 is 1.25 bits per heavy atom. The number of hydrogen-bond acceptors (Lipinski definition) is 4. The molecule has 0 aliphatic carbocycles. The first-order chi connectivity index (χ1) is 11.0. The molecule has 0 unspecified atom stereocenters. The van der Waals surface area contributed by atoms with Crippen molar-refractivity contribution in [1.29, 1.82) is 0 Å². The van der Waals surface area contributed by atoms with Gasteiger partial charge in [0, 0.05) is 23.7 Å². The summed E-state index contributed by atoms with van der Waals surface area (Å²) in [5.74, 6) is 1.19. The number of aliphatic imine (C=N–C) groups is 1. The molecule has 128 valence electrons. The van der Waals surface area contributed by atoms with Crippen LogP contribution in [0.15, 0.2) is 29.4 Å². The van der Waals surface area contributed by atoms with E-state index in [1.165, 1.54) is 5.56 Å². The van der Waals surface area contributed by atoms with E-state index in [2.05, 4.69) is 23.0 Å². The second kappa shape index (κ2) is 7.49. The molecule has 6 heteroatoms. The molecule has 0 saturated carbocycles. The molecule has 24 heavy (non-hydrogen) atoms. The highest BCUT2D eigenvalue weighted by Gasteiger charge is 2.21. The summed E-state index contributed by atoms with van der Waals surface area (Å²) < 4.78 is 18.1. The average Bonchev–Trinajstić information content (AvgIpc) is 2.93. The number of pyridine rings is 1. The molecule has 3 rings (SSSR count). The average molecular weight is 363 g/mol. The minimum atomic E-state index is -1.17. The number of methoxy groups -OCH3 is 1. The van der Waals surface area contributed by atoms with E-state index in [1.54, 1.807) is 13.3 Å². The number of hydrogen-bond donors (Lipinski definition) is 0. The molecule has 1 aliphatic rings. The molecule has 0 N–H and O–H groups in total. The van der Waals surface area contributed by atoms with Crippen LogP contribution in [0.25, 0.3) is 0 Å². The third kappa shape index (κ3) is 3.54. The molecule has 2 aromatic rings. The summed E-state index contributed by atoms with van der Waals surface area (Å²) >= 11 is 0. The monoisotopic (exact) mass is 362 g/mol. The van der Waals surface area contributed by atoms with Gasteiger partial charge in [-0.2, -0.15) is 13.5 Å². The van der Waals surface area contributed by atoms with Crippen LogP contribution in [0.2, 0.25) is 0 Å². The van der Waals surface area contributed by atoms with Gasteiger partial charge in [-0.25, -0.2) is 4.99 Å². The fourth-order valence-electron chi connectivity index (χ4n) is 2.86. The van der Waals surface area contributed by atoms with Gasteiger partial charge >= 0.3 is 0 Å². The van der Waals surface area contributed by atoms with Crippen LogP contribution in [0, 0.1) is 20.8 Å². The number of benzene rings is 1. The number of rotatable bonds is 3. The van der Waals surface area contributed by atoms with Crippen LogP contribution >= 0.6 is 13.5 Å². The van der Waals surface area contributed by atoms with Gasteiger partial charge in [-0.1, -0.05) is 17.7 Å². The lowest BCUT2D eigenvalue weighted by Gasteiger charge is -2.12. The Balaban J connectivity index is 0.00000208. The molecule has 4 nitrogen and oxygen atoms in total. The molecule has 1 aromatic carbocycles. The van der Waals surface area contributed by atoms with Gasteiger partial charge in [0.2, 0.25) is 0 Å². The third-order valence-corrected chi connectivity index (χ3v) is 5.40. The maximum absolute atomic E-state index is 12.7. The zero-order valence-electron chi connectivity index (χ0n) is 14.3. The summed E-state index contributed by atoms with van der Waals surface area (Å²) in [6.07, 6.45) is 2.43. The molecule has 0 saturated heterocycles. The lowest BCUT2D eigenvalue weighted by molar-refractivity contribution is 0.407. The van der Waals surface area contributed by atoms with Crippen LogP contribution in [-0.4, -0.2) is 21.3 Å². The first-order valence-corrected chi connectivity index (χ1v) is 8.86. The summed E-state index contributed by atoms with van der Waals surface area (Å²) in [4.78, 5) is 8.97. The first-order valence-electron chi connectivity index (χ1n) is 7.54. The predicted octanol–water partition coefficient (Wildman–Crippen LogP) is 3.66. The highest BCUT2D eigenvalue weighted by atomic mass is 32.2. The molecule has 1 aromatic heterocycles. The number of aromatic nitrogens is 1. The normalized spacial score (nSPS) is 13.8. The lowest BCUT2D eigenvalue weighted by Crippen LogP contribution is -2.12. The summed E-state index contributed by atoms with van der Waals surface area (Å²) in [5, 5.41) is 0.728. The molecule has 2 heterocycles. The van der Waals surface area contributed by atoms with Crippen LogP contribution in [0.5, 0.6) is 5.75 Å². The summed E-state index contributed by atoms with van der Waals surface area (Å²) in [6.45, 7) is 5.97. The largest absolute Gasteiger partial charge is 0.496 e. The minimum absolute atomic E-state index is 0. The fourth-order valence-corrected chi connectivity index (χ4v) is 4.08. The van der Waals surface area contributed by atoms with Crippen molar-refractivity contribution in [2.24, 2.45) is 4.99 Å². The van der Waals surface area contributed by atoms with Gasteiger partial charge in [0.25, 0.3) is 0 Å². The van der Waals surface area contributed by atoms with Crippen molar-refractivity contribution >= 4 is 35.0 Å². The van der Waals surface area contributed by atoms with Crippen molar-refractivity contribution < 1.29 is 8.95 Å². The smallest absolute Gasteiger partial charge is 0.128 e. The minimum Gasteiger partial charge on any atom is -0.496 e. The van der Waals surface area contributed by atoms with E-state index in [-0.39, 0.29) is 13.5 Å². The van der Waals surface area contributed by atoms with Crippen molar-refractivity contribution in [1.82, 2.24) is 4.98 Å². The lowest BCUT2D eigenvalue weighted by atomic mass is 10.1. The maximum atomic E-state index is 12.7. The van der Waals surface area contributed by atoms with Gasteiger partial charge in [0.15, 0.2) is 0 Å². The Morgan fingerprint density at radius 3 is 2.71 bits per heavy atom. The maximum Gasteiger partial charge on any atom is 0.128 e. The van der Waals surface area contributed by atoms with E-state index in [1.807, 2.05) is 26.0 Å². The Bertz CT molecular complexity index is 832. The molecular weight excluding hydrogens is 340 g/mol. The molecule has 1 atom stereocenters. The fraction of sp³-hybridized carbons (Fsp3) is 0.333. The number of fused-ring (bicyclic) bond motifs is 1. The molecule has 1 aliphatic heterocycles. The van der Waals surface area contributed by atoms with Gasteiger partial charge < -0.3 is 4.74 Å². The van der Waals surface area contributed by atoms with Crippen molar-refractivity contribution in [2.45, 2.75) is 32.9 Å². The van der Waals surface area contributed by atoms with Crippen molar-refractivity contribution in [3.8, 4) is 5.75 Å². The first kappa shape index (κ1) is 18.7.